The predicted molar refractivity (Wildman–Crippen MR) is 72.9 cm³/mol. The Hall–Kier alpha value is -0.880. The van der Waals surface area contributed by atoms with E-state index in [2.05, 4.69) is 37.2 Å². The van der Waals surface area contributed by atoms with Crippen molar-refractivity contribution in [3.8, 4) is 0 Å². The lowest BCUT2D eigenvalue weighted by Crippen LogP contribution is -2.37. The average molecular weight is 364 g/mol. The lowest BCUT2D eigenvalue weighted by atomic mass is 10.2. The predicted octanol–water partition coefficient (Wildman–Crippen LogP) is 2.03. The summed E-state index contributed by atoms with van der Waals surface area (Å²) >= 11 is 6.62. The highest BCUT2D eigenvalue weighted by Crippen LogP contribution is 2.22. The standard InChI is InChI=1S/C11H12Br2N2O2/c1-14-10(16)6-15(2)11(17)8-5-7(12)3-4-9(8)13/h3-5H,6H2,1-2H3,(H,14,16). The van der Waals surface area contributed by atoms with Crippen LogP contribution >= 0.6 is 31.9 Å². The van der Waals surface area contributed by atoms with Crippen LogP contribution < -0.4 is 5.32 Å². The summed E-state index contributed by atoms with van der Waals surface area (Å²) in [5.74, 6) is -0.409. The third-order valence-corrected chi connectivity index (χ3v) is 3.35. The van der Waals surface area contributed by atoms with E-state index in [1.54, 1.807) is 19.2 Å². The van der Waals surface area contributed by atoms with Crippen LogP contribution in [0.2, 0.25) is 0 Å². The largest absolute Gasteiger partial charge is 0.358 e. The van der Waals surface area contributed by atoms with Gasteiger partial charge in [0.1, 0.15) is 0 Å². The van der Waals surface area contributed by atoms with Crippen molar-refractivity contribution in [2.45, 2.75) is 0 Å². The lowest BCUT2D eigenvalue weighted by molar-refractivity contribution is -0.121. The summed E-state index contributed by atoms with van der Waals surface area (Å²) in [4.78, 5) is 24.6. The summed E-state index contributed by atoms with van der Waals surface area (Å²) in [6.07, 6.45) is 0. The maximum atomic E-state index is 12.1. The summed E-state index contributed by atoms with van der Waals surface area (Å²) < 4.78 is 1.52. The van der Waals surface area contributed by atoms with Crippen molar-refractivity contribution in [3.05, 3.63) is 32.7 Å². The van der Waals surface area contributed by atoms with Gasteiger partial charge in [-0.3, -0.25) is 9.59 Å². The quantitative estimate of drug-likeness (QED) is 0.893. The van der Waals surface area contributed by atoms with Gasteiger partial charge >= 0.3 is 0 Å². The van der Waals surface area contributed by atoms with E-state index < -0.39 is 0 Å². The van der Waals surface area contributed by atoms with E-state index in [-0.39, 0.29) is 18.4 Å². The fourth-order valence-electron chi connectivity index (χ4n) is 1.23. The highest BCUT2D eigenvalue weighted by atomic mass is 79.9. The van der Waals surface area contributed by atoms with E-state index in [9.17, 15) is 9.59 Å². The molecule has 0 saturated heterocycles. The summed E-state index contributed by atoms with van der Waals surface area (Å²) in [5.41, 5.74) is 0.519. The molecule has 0 aliphatic rings. The maximum Gasteiger partial charge on any atom is 0.255 e. The first-order valence-corrected chi connectivity index (χ1v) is 6.45. The topological polar surface area (TPSA) is 49.4 Å². The Bertz CT molecular complexity index is 449. The molecule has 1 aromatic rings. The van der Waals surface area contributed by atoms with Crippen LogP contribution in [0.15, 0.2) is 27.1 Å². The van der Waals surface area contributed by atoms with E-state index >= 15 is 0 Å². The van der Waals surface area contributed by atoms with Gasteiger partial charge in [-0.2, -0.15) is 0 Å². The SMILES string of the molecule is CNC(=O)CN(C)C(=O)c1cc(Br)ccc1Br. The highest BCUT2D eigenvalue weighted by Gasteiger charge is 2.17. The van der Waals surface area contributed by atoms with Gasteiger partial charge in [-0.15, -0.1) is 0 Å². The number of carbonyl (C=O) groups excluding carboxylic acids is 2. The Morgan fingerprint density at radius 3 is 2.59 bits per heavy atom. The van der Waals surface area contributed by atoms with Gasteiger partial charge in [0.25, 0.3) is 5.91 Å². The Balaban J connectivity index is 2.88. The van der Waals surface area contributed by atoms with Crippen LogP contribution in [-0.2, 0) is 4.79 Å². The zero-order chi connectivity index (χ0) is 13.0. The molecule has 0 radical (unpaired) electrons. The molecule has 0 saturated carbocycles. The minimum Gasteiger partial charge on any atom is -0.358 e. The van der Waals surface area contributed by atoms with Crippen molar-refractivity contribution in [1.82, 2.24) is 10.2 Å². The van der Waals surface area contributed by atoms with E-state index in [0.29, 0.717) is 10.0 Å². The summed E-state index contributed by atoms with van der Waals surface area (Å²) in [6, 6.07) is 5.33. The molecule has 1 rings (SSSR count). The molecular formula is C11H12Br2N2O2. The van der Waals surface area contributed by atoms with Crippen molar-refractivity contribution in [1.29, 1.82) is 0 Å². The third-order valence-electron chi connectivity index (χ3n) is 2.17. The molecule has 2 amide bonds. The van der Waals surface area contributed by atoms with Gasteiger partial charge in [-0.1, -0.05) is 15.9 Å². The van der Waals surface area contributed by atoms with E-state index in [0.717, 1.165) is 4.47 Å². The fourth-order valence-corrected chi connectivity index (χ4v) is 2.01. The number of rotatable bonds is 3. The smallest absolute Gasteiger partial charge is 0.255 e. The third kappa shape index (κ3) is 3.81. The molecule has 92 valence electrons. The Labute approximate surface area is 117 Å². The van der Waals surface area contributed by atoms with E-state index in [4.69, 9.17) is 0 Å². The average Bonchev–Trinajstić information content (AvgIpc) is 2.31. The van der Waals surface area contributed by atoms with Gasteiger partial charge in [0.15, 0.2) is 0 Å². The Morgan fingerprint density at radius 1 is 1.35 bits per heavy atom. The van der Waals surface area contributed by atoms with Crippen molar-refractivity contribution >= 4 is 43.7 Å². The second kappa shape index (κ2) is 6.16. The van der Waals surface area contributed by atoms with E-state index in [1.807, 2.05) is 6.07 Å². The van der Waals surface area contributed by atoms with Crippen molar-refractivity contribution in [2.75, 3.05) is 20.6 Å². The molecule has 0 bridgehead atoms. The molecule has 0 aliphatic heterocycles. The number of amides is 2. The molecule has 4 nitrogen and oxygen atoms in total. The minimum absolute atomic E-state index is 0.0360. The van der Waals surface area contributed by atoms with Gasteiger partial charge in [0.05, 0.1) is 12.1 Å². The number of hydrogen-bond acceptors (Lipinski definition) is 2. The molecule has 0 atom stereocenters. The Kier molecular flexibility index (Phi) is 5.14. The number of nitrogens with one attached hydrogen (secondary N) is 1. The summed E-state index contributed by atoms with van der Waals surface area (Å²) in [7, 11) is 3.13. The van der Waals surface area contributed by atoms with Gasteiger partial charge in [-0.25, -0.2) is 0 Å². The van der Waals surface area contributed by atoms with Gasteiger partial charge in [0.2, 0.25) is 5.91 Å². The number of likely N-dealkylation sites (N-methyl/N-ethyl adjacent to an activating group) is 2. The molecule has 1 aromatic carbocycles. The van der Waals surface area contributed by atoms with Crippen LogP contribution in [0, 0.1) is 0 Å². The number of benzene rings is 1. The molecule has 1 N–H and O–H groups in total. The zero-order valence-corrected chi connectivity index (χ0v) is 12.6. The number of nitrogens with zero attached hydrogens (tertiary/aromatic N) is 1. The molecule has 6 heteroatoms. The molecule has 0 spiro atoms. The van der Waals surface area contributed by atoms with Crippen LogP contribution in [0.5, 0.6) is 0 Å². The second-order valence-electron chi connectivity index (χ2n) is 3.46. The van der Waals surface area contributed by atoms with Crippen LogP contribution in [0.4, 0.5) is 0 Å². The molecule has 0 aliphatic carbocycles. The first-order chi connectivity index (χ1) is 7.95. The molecule has 0 fully saturated rings. The fraction of sp³-hybridized carbons (Fsp3) is 0.273. The zero-order valence-electron chi connectivity index (χ0n) is 9.46. The van der Waals surface area contributed by atoms with Crippen LogP contribution in [0.3, 0.4) is 0 Å². The van der Waals surface area contributed by atoms with Crippen LogP contribution in [0.25, 0.3) is 0 Å². The van der Waals surface area contributed by atoms with Crippen molar-refractivity contribution in [3.63, 3.8) is 0 Å². The van der Waals surface area contributed by atoms with Gasteiger partial charge in [0, 0.05) is 23.0 Å². The molecule has 0 aromatic heterocycles. The normalized spacial score (nSPS) is 9.88. The van der Waals surface area contributed by atoms with Crippen molar-refractivity contribution in [2.24, 2.45) is 0 Å². The molecule has 17 heavy (non-hydrogen) atoms. The van der Waals surface area contributed by atoms with Crippen molar-refractivity contribution < 1.29 is 9.59 Å². The monoisotopic (exact) mass is 362 g/mol. The molecule has 0 heterocycles. The van der Waals surface area contributed by atoms with E-state index in [1.165, 1.54) is 11.9 Å². The summed E-state index contributed by atoms with van der Waals surface area (Å²) in [6.45, 7) is 0.0360. The second-order valence-corrected chi connectivity index (χ2v) is 5.23. The molecule has 0 unspecified atom stereocenters. The number of hydrogen-bond donors (Lipinski definition) is 1. The first kappa shape index (κ1) is 14.2. The first-order valence-electron chi connectivity index (χ1n) is 4.86. The van der Waals surface area contributed by atoms with Gasteiger partial charge < -0.3 is 10.2 Å². The number of halogens is 2. The molecular weight excluding hydrogens is 352 g/mol. The number of carbonyl (C=O) groups is 2. The van der Waals surface area contributed by atoms with Crippen LogP contribution in [0.1, 0.15) is 10.4 Å². The highest BCUT2D eigenvalue weighted by molar-refractivity contribution is 9.11. The summed E-state index contributed by atoms with van der Waals surface area (Å²) in [5, 5.41) is 2.47. The lowest BCUT2D eigenvalue weighted by Gasteiger charge is -2.17. The Morgan fingerprint density at radius 2 is 2.00 bits per heavy atom. The maximum absolute atomic E-state index is 12.1. The van der Waals surface area contributed by atoms with Crippen LogP contribution in [-0.4, -0.2) is 37.4 Å². The van der Waals surface area contributed by atoms with Gasteiger partial charge in [-0.05, 0) is 34.1 Å². The minimum atomic E-state index is -0.207.